The van der Waals surface area contributed by atoms with E-state index in [2.05, 4.69) is 27.9 Å². The fourth-order valence-electron chi connectivity index (χ4n) is 1.32. The standard InChI is InChI=1S/C11H10IN3OS.ClH/c12-8-1-3-9(4-2-8)14-10(16)7-15-5-6-17-11(15)13;/h1-6,13H,7H2,(H,14,16);1H. The number of rotatable bonds is 3. The van der Waals surface area contributed by atoms with Crippen LogP contribution in [0.2, 0.25) is 0 Å². The van der Waals surface area contributed by atoms with Crippen molar-refractivity contribution in [2.24, 2.45) is 0 Å². The van der Waals surface area contributed by atoms with Gasteiger partial charge in [-0.25, -0.2) is 0 Å². The molecule has 2 N–H and O–H groups in total. The number of thiazole rings is 1. The molecule has 0 aliphatic heterocycles. The highest BCUT2D eigenvalue weighted by molar-refractivity contribution is 14.1. The van der Waals surface area contributed by atoms with Crippen molar-refractivity contribution in [2.75, 3.05) is 5.32 Å². The van der Waals surface area contributed by atoms with Gasteiger partial charge in [-0.3, -0.25) is 10.2 Å². The van der Waals surface area contributed by atoms with Gasteiger partial charge in [0.25, 0.3) is 0 Å². The summed E-state index contributed by atoms with van der Waals surface area (Å²) in [6, 6.07) is 7.59. The average Bonchev–Trinajstić information content (AvgIpc) is 2.68. The monoisotopic (exact) mass is 395 g/mol. The molecule has 96 valence electrons. The maximum atomic E-state index is 11.7. The van der Waals surface area contributed by atoms with Crippen LogP contribution in [-0.4, -0.2) is 10.5 Å². The van der Waals surface area contributed by atoms with E-state index >= 15 is 0 Å². The Morgan fingerprint density at radius 1 is 1.39 bits per heavy atom. The topological polar surface area (TPSA) is 57.9 Å². The summed E-state index contributed by atoms with van der Waals surface area (Å²) < 4.78 is 2.73. The molecule has 0 fully saturated rings. The highest BCUT2D eigenvalue weighted by atomic mass is 127. The van der Waals surface area contributed by atoms with E-state index in [0.717, 1.165) is 9.26 Å². The summed E-state index contributed by atoms with van der Waals surface area (Å²) in [6.45, 7) is 0.175. The summed E-state index contributed by atoms with van der Waals surface area (Å²) in [5, 5.41) is 12.1. The largest absolute Gasteiger partial charge is 0.325 e. The zero-order chi connectivity index (χ0) is 12.3. The third kappa shape index (κ3) is 4.11. The van der Waals surface area contributed by atoms with Crippen LogP contribution in [0.5, 0.6) is 0 Å². The van der Waals surface area contributed by atoms with E-state index < -0.39 is 0 Å². The fraction of sp³-hybridized carbons (Fsp3) is 0.0909. The smallest absolute Gasteiger partial charge is 0.244 e. The van der Waals surface area contributed by atoms with E-state index in [1.54, 1.807) is 16.1 Å². The third-order valence-corrected chi connectivity index (χ3v) is 3.56. The number of benzene rings is 1. The molecular weight excluding hydrogens is 385 g/mol. The van der Waals surface area contributed by atoms with Crippen molar-refractivity contribution in [3.8, 4) is 0 Å². The summed E-state index contributed by atoms with van der Waals surface area (Å²) in [5.41, 5.74) is 0.776. The maximum Gasteiger partial charge on any atom is 0.244 e. The molecule has 18 heavy (non-hydrogen) atoms. The number of halogens is 2. The summed E-state index contributed by atoms with van der Waals surface area (Å²) in [4.78, 5) is 12.1. The highest BCUT2D eigenvalue weighted by Crippen LogP contribution is 2.10. The van der Waals surface area contributed by atoms with Crippen LogP contribution in [0.1, 0.15) is 0 Å². The second kappa shape index (κ2) is 6.91. The molecular formula is C11H11ClIN3OS. The molecule has 0 atom stereocenters. The summed E-state index contributed by atoms with van der Waals surface area (Å²) in [5.74, 6) is -0.122. The number of nitrogens with one attached hydrogen (secondary N) is 2. The van der Waals surface area contributed by atoms with Gasteiger partial charge in [-0.1, -0.05) is 0 Å². The van der Waals surface area contributed by atoms with Crippen LogP contribution in [0.3, 0.4) is 0 Å². The number of amides is 1. The molecule has 1 amide bonds. The van der Waals surface area contributed by atoms with Gasteiger partial charge in [-0.15, -0.1) is 23.7 Å². The summed E-state index contributed by atoms with van der Waals surface area (Å²) in [6.07, 6.45) is 1.74. The molecule has 0 saturated heterocycles. The quantitative estimate of drug-likeness (QED) is 0.772. The fourth-order valence-corrected chi connectivity index (χ4v) is 2.27. The minimum atomic E-state index is -0.122. The molecule has 1 aromatic carbocycles. The van der Waals surface area contributed by atoms with Crippen LogP contribution in [0, 0.1) is 8.98 Å². The molecule has 1 aromatic heterocycles. The van der Waals surface area contributed by atoms with Crippen molar-refractivity contribution in [3.05, 3.63) is 44.2 Å². The first-order chi connectivity index (χ1) is 8.15. The number of hydrogen-bond donors (Lipinski definition) is 2. The van der Waals surface area contributed by atoms with Crippen LogP contribution in [0.25, 0.3) is 0 Å². The predicted molar refractivity (Wildman–Crippen MR) is 83.2 cm³/mol. The first kappa shape index (κ1) is 15.2. The second-order valence-corrected chi connectivity index (χ2v) is 5.53. The van der Waals surface area contributed by atoms with E-state index in [-0.39, 0.29) is 24.9 Å². The minimum Gasteiger partial charge on any atom is -0.325 e. The lowest BCUT2D eigenvalue weighted by atomic mass is 10.3. The highest BCUT2D eigenvalue weighted by Gasteiger charge is 2.04. The van der Waals surface area contributed by atoms with Gasteiger partial charge in [-0.05, 0) is 46.9 Å². The van der Waals surface area contributed by atoms with E-state index in [1.807, 2.05) is 24.3 Å². The molecule has 0 spiro atoms. The van der Waals surface area contributed by atoms with Crippen molar-refractivity contribution < 1.29 is 4.79 Å². The van der Waals surface area contributed by atoms with Gasteiger partial charge in [0.1, 0.15) is 6.54 Å². The molecule has 1 heterocycles. The Bertz CT molecular complexity index is 578. The zero-order valence-electron chi connectivity index (χ0n) is 9.22. The minimum absolute atomic E-state index is 0. The Balaban J connectivity index is 0.00000162. The van der Waals surface area contributed by atoms with E-state index in [4.69, 9.17) is 5.41 Å². The van der Waals surface area contributed by atoms with E-state index in [0.29, 0.717) is 4.80 Å². The van der Waals surface area contributed by atoms with Gasteiger partial charge in [0.15, 0.2) is 4.80 Å². The second-order valence-electron chi connectivity index (χ2n) is 3.39. The molecule has 2 rings (SSSR count). The number of hydrogen-bond acceptors (Lipinski definition) is 3. The Kier molecular flexibility index (Phi) is 5.83. The molecule has 0 saturated carbocycles. The lowest BCUT2D eigenvalue weighted by Gasteiger charge is -2.05. The van der Waals surface area contributed by atoms with Crippen LogP contribution in [-0.2, 0) is 11.3 Å². The van der Waals surface area contributed by atoms with Crippen molar-refractivity contribution in [1.82, 2.24) is 4.57 Å². The van der Waals surface area contributed by atoms with Crippen molar-refractivity contribution in [1.29, 1.82) is 5.41 Å². The lowest BCUT2D eigenvalue weighted by Crippen LogP contribution is -2.23. The molecule has 0 unspecified atom stereocenters. The van der Waals surface area contributed by atoms with E-state index in [9.17, 15) is 4.79 Å². The zero-order valence-corrected chi connectivity index (χ0v) is 13.0. The number of nitrogens with zero attached hydrogens (tertiary/aromatic N) is 1. The Morgan fingerprint density at radius 3 is 2.61 bits per heavy atom. The van der Waals surface area contributed by atoms with Gasteiger partial charge in [-0.2, -0.15) is 0 Å². The average molecular weight is 396 g/mol. The Morgan fingerprint density at radius 2 is 2.06 bits per heavy atom. The maximum absolute atomic E-state index is 11.7. The number of carbonyl (C=O) groups is 1. The van der Waals surface area contributed by atoms with Crippen molar-refractivity contribution in [2.45, 2.75) is 6.54 Å². The number of carbonyl (C=O) groups excluding carboxylic acids is 1. The summed E-state index contributed by atoms with van der Waals surface area (Å²) >= 11 is 3.52. The third-order valence-electron chi connectivity index (χ3n) is 2.12. The van der Waals surface area contributed by atoms with Gasteiger partial charge < -0.3 is 9.88 Å². The molecule has 0 aliphatic carbocycles. The normalized spacial score (nSPS) is 9.61. The molecule has 0 radical (unpaired) electrons. The van der Waals surface area contributed by atoms with Crippen LogP contribution in [0.15, 0.2) is 35.8 Å². The van der Waals surface area contributed by atoms with E-state index in [1.165, 1.54) is 11.3 Å². The Hall–Kier alpha value is -0.860. The van der Waals surface area contributed by atoms with Crippen LogP contribution >= 0.6 is 46.3 Å². The summed E-state index contributed by atoms with van der Waals surface area (Å²) in [7, 11) is 0. The molecule has 2 aromatic rings. The number of aromatic nitrogens is 1. The first-order valence-corrected chi connectivity index (χ1v) is 6.85. The number of anilines is 1. The van der Waals surface area contributed by atoms with Crippen molar-refractivity contribution in [3.63, 3.8) is 0 Å². The Labute approximate surface area is 128 Å². The molecule has 0 aliphatic rings. The lowest BCUT2D eigenvalue weighted by molar-refractivity contribution is -0.116. The van der Waals surface area contributed by atoms with Crippen molar-refractivity contribution >= 4 is 57.9 Å². The van der Waals surface area contributed by atoms with Gasteiger partial charge in [0.05, 0.1) is 0 Å². The van der Waals surface area contributed by atoms with Crippen LogP contribution < -0.4 is 10.1 Å². The van der Waals surface area contributed by atoms with Crippen LogP contribution in [0.4, 0.5) is 5.69 Å². The van der Waals surface area contributed by atoms with Gasteiger partial charge in [0.2, 0.25) is 5.91 Å². The molecule has 7 heteroatoms. The predicted octanol–water partition coefficient (Wildman–Crippen LogP) is 2.69. The van der Waals surface area contributed by atoms with Gasteiger partial charge >= 0.3 is 0 Å². The molecule has 0 bridgehead atoms. The van der Waals surface area contributed by atoms with Gasteiger partial charge in [0, 0.05) is 20.8 Å². The molecule has 4 nitrogen and oxygen atoms in total. The SMILES string of the molecule is Cl.N=c1sccn1CC(=O)Nc1ccc(I)cc1. The first-order valence-electron chi connectivity index (χ1n) is 4.89.